The van der Waals surface area contributed by atoms with E-state index in [4.69, 9.17) is 30.9 Å². The highest BCUT2D eigenvalue weighted by Crippen LogP contribution is 2.40. The highest BCUT2D eigenvalue weighted by Gasteiger charge is 2.32. The Morgan fingerprint density at radius 3 is 2.57 bits per heavy atom. The zero-order valence-electron chi connectivity index (χ0n) is 32.9. The monoisotopic (exact) mass is 803 g/mol. The van der Waals surface area contributed by atoms with Crippen molar-refractivity contribution in [1.29, 1.82) is 0 Å². The molecule has 0 spiro atoms. The topological polar surface area (TPSA) is 166 Å². The predicted molar refractivity (Wildman–Crippen MR) is 218 cm³/mol. The summed E-state index contributed by atoms with van der Waals surface area (Å²) in [7, 11) is -1.29. The first-order valence-electron chi connectivity index (χ1n) is 18.7. The minimum Gasteiger partial charge on any atom is -0.445 e. The molecular formula is C39H50ClN9O6Si. The van der Waals surface area contributed by atoms with Crippen LogP contribution < -0.4 is 20.9 Å². The predicted octanol–water partition coefficient (Wildman–Crippen LogP) is 7.39. The number of benzene rings is 2. The summed E-state index contributed by atoms with van der Waals surface area (Å²) in [5.41, 5.74) is 2.55. The van der Waals surface area contributed by atoms with Crippen LogP contribution in [0, 0.1) is 0 Å². The average Bonchev–Trinajstić information content (AvgIpc) is 3.85. The lowest BCUT2D eigenvalue weighted by Crippen LogP contribution is -2.37. The van der Waals surface area contributed by atoms with Gasteiger partial charge in [-0.25, -0.2) is 23.8 Å². The van der Waals surface area contributed by atoms with Crippen molar-refractivity contribution >= 4 is 65.8 Å². The molecule has 6 rings (SSSR count). The minimum atomic E-state index is -1.29. The molecule has 1 aliphatic heterocycles. The van der Waals surface area contributed by atoms with Gasteiger partial charge in [0.05, 0.1) is 22.8 Å². The van der Waals surface area contributed by atoms with Crippen LogP contribution in [0.4, 0.5) is 21.1 Å². The summed E-state index contributed by atoms with van der Waals surface area (Å²) >= 11 is 6.97. The maximum absolute atomic E-state index is 14.2. The molecule has 3 aromatic heterocycles. The van der Waals surface area contributed by atoms with Crippen LogP contribution in [0.2, 0.25) is 30.7 Å². The van der Waals surface area contributed by atoms with Crippen molar-refractivity contribution in [2.75, 3.05) is 29.9 Å². The van der Waals surface area contributed by atoms with E-state index in [9.17, 15) is 14.4 Å². The van der Waals surface area contributed by atoms with Gasteiger partial charge in [-0.3, -0.25) is 10.1 Å². The van der Waals surface area contributed by atoms with Crippen molar-refractivity contribution in [2.45, 2.75) is 90.8 Å². The van der Waals surface area contributed by atoms with Crippen LogP contribution in [-0.4, -0.2) is 81.9 Å². The largest absolute Gasteiger partial charge is 0.445 e. The molecule has 298 valence electrons. The van der Waals surface area contributed by atoms with Crippen LogP contribution in [0.25, 0.3) is 16.6 Å². The molecule has 3 amide bonds. The van der Waals surface area contributed by atoms with E-state index in [2.05, 4.69) is 50.6 Å². The number of fused-ring (bicyclic) bond motifs is 2. The fourth-order valence-corrected chi connectivity index (χ4v) is 7.41. The molecule has 17 heteroatoms. The molecule has 5 aromatic rings. The fourth-order valence-electron chi connectivity index (χ4n) is 6.40. The van der Waals surface area contributed by atoms with Gasteiger partial charge in [-0.05, 0) is 57.9 Å². The van der Waals surface area contributed by atoms with Gasteiger partial charge < -0.3 is 29.7 Å². The van der Waals surface area contributed by atoms with Crippen LogP contribution in [0.5, 0.6) is 0 Å². The van der Waals surface area contributed by atoms with Gasteiger partial charge in [-0.1, -0.05) is 61.6 Å². The van der Waals surface area contributed by atoms with Gasteiger partial charge in [0.15, 0.2) is 11.5 Å². The number of hydrogen-bond acceptors (Lipinski definition) is 10. The summed E-state index contributed by atoms with van der Waals surface area (Å²) in [6.07, 6.45) is 4.44. The lowest BCUT2D eigenvalue weighted by Gasteiger charge is -2.26. The molecule has 1 aliphatic rings. The molecule has 0 saturated carbocycles. The number of nitrogens with one attached hydrogen (secondary N) is 3. The molecule has 2 aromatic carbocycles. The molecular weight excluding hydrogens is 754 g/mol. The summed E-state index contributed by atoms with van der Waals surface area (Å²) in [5, 5.41) is 19.3. The summed E-state index contributed by atoms with van der Waals surface area (Å²) in [6, 6.07) is 13.2. The maximum Gasteiger partial charge on any atom is 0.413 e. The molecule has 2 atom stereocenters. The highest BCUT2D eigenvalue weighted by atomic mass is 35.5. The van der Waals surface area contributed by atoms with Crippen LogP contribution in [0.3, 0.4) is 0 Å². The second kappa shape index (κ2) is 16.9. The fraction of sp³-hybridized carbons (Fsp3) is 0.436. The number of amides is 3. The molecule has 1 unspecified atom stereocenters. The van der Waals surface area contributed by atoms with Crippen molar-refractivity contribution in [3.05, 3.63) is 82.8 Å². The number of ether oxygens (including phenoxy) is 3. The van der Waals surface area contributed by atoms with E-state index in [1.54, 1.807) is 43.9 Å². The van der Waals surface area contributed by atoms with E-state index >= 15 is 0 Å². The van der Waals surface area contributed by atoms with Gasteiger partial charge in [0.2, 0.25) is 0 Å². The number of hydrogen-bond donors (Lipinski definition) is 3. The second-order valence-corrected chi connectivity index (χ2v) is 22.2. The van der Waals surface area contributed by atoms with Crippen molar-refractivity contribution in [3.63, 3.8) is 0 Å². The Morgan fingerprint density at radius 1 is 1.07 bits per heavy atom. The molecule has 4 heterocycles. The van der Waals surface area contributed by atoms with E-state index in [0.717, 1.165) is 22.7 Å². The van der Waals surface area contributed by atoms with Crippen LogP contribution >= 0.6 is 11.6 Å². The number of carbonyl (C=O) groups excluding carboxylic acids is 3. The number of rotatable bonds is 13. The van der Waals surface area contributed by atoms with Crippen molar-refractivity contribution in [3.8, 4) is 0 Å². The SMILES string of the molecule is CC(NC(=O)c1c(NC(=O)OC(C)(C)C)nn2cccnc12)c1cc(Cl)c2cn(COCC[Si](C)(C)C)nc2c1N1CC[C@H](NC(=O)OCc2ccccc2)C1. The second-order valence-electron chi connectivity index (χ2n) is 16.1. The highest BCUT2D eigenvalue weighted by molar-refractivity contribution is 6.76. The zero-order valence-corrected chi connectivity index (χ0v) is 34.6. The van der Waals surface area contributed by atoms with E-state index in [0.29, 0.717) is 42.2 Å². The Hall–Kier alpha value is -5.19. The van der Waals surface area contributed by atoms with E-state index < -0.39 is 37.8 Å². The molecule has 3 N–H and O–H groups in total. The Kier molecular flexibility index (Phi) is 12.2. The Labute approximate surface area is 332 Å². The summed E-state index contributed by atoms with van der Waals surface area (Å²) in [6.45, 7) is 16.1. The Morgan fingerprint density at radius 2 is 1.84 bits per heavy atom. The molecule has 0 aliphatic carbocycles. The zero-order chi connectivity index (χ0) is 40.2. The standard InChI is InChI=1S/C39H50ClN9O6Si/c1-25(42-36(50)31-34(44-38(52)55-39(2,3)4)46-49-16-11-15-41-35(31)49)28-20-30(40)29-22-48(24-53-18-19-56(5,6)7)45-32(29)33(28)47-17-14-27(21-47)43-37(51)54-23-26-12-9-8-10-13-26/h8-13,15-16,20,22,25,27H,14,17-19,21,23-24H2,1-7H3,(H,42,50)(H,43,51)(H,44,46,52)/t25?,27-/m0/s1. The van der Waals surface area contributed by atoms with Gasteiger partial charge in [0.25, 0.3) is 5.91 Å². The molecule has 0 bridgehead atoms. The lowest BCUT2D eigenvalue weighted by atomic mass is 10.0. The van der Waals surface area contributed by atoms with Gasteiger partial charge in [-0.2, -0.15) is 5.10 Å². The third-order valence-electron chi connectivity index (χ3n) is 9.11. The summed E-state index contributed by atoms with van der Waals surface area (Å²) in [4.78, 5) is 46.4. The van der Waals surface area contributed by atoms with Crippen LogP contribution in [0.15, 0.2) is 61.1 Å². The lowest BCUT2D eigenvalue weighted by molar-refractivity contribution is 0.0635. The Bertz CT molecular complexity index is 2200. The average molecular weight is 804 g/mol. The number of alkyl carbamates (subject to hydrolysis) is 1. The number of anilines is 2. The first-order chi connectivity index (χ1) is 26.5. The minimum absolute atomic E-state index is 0.00293. The first-order valence-corrected chi connectivity index (χ1v) is 22.8. The Balaban J connectivity index is 1.28. The van der Waals surface area contributed by atoms with E-state index in [1.807, 2.05) is 49.5 Å². The number of carbonyl (C=O) groups is 3. The molecule has 1 fully saturated rings. The smallest absolute Gasteiger partial charge is 0.413 e. The third kappa shape index (κ3) is 10.2. The molecule has 56 heavy (non-hydrogen) atoms. The quantitative estimate of drug-likeness (QED) is 0.0807. The third-order valence-corrected chi connectivity index (χ3v) is 11.1. The number of aromatic nitrogens is 5. The van der Waals surface area contributed by atoms with Gasteiger partial charge in [0, 0.05) is 57.3 Å². The van der Waals surface area contributed by atoms with Gasteiger partial charge in [-0.15, -0.1) is 5.10 Å². The number of halogens is 1. The van der Waals surface area contributed by atoms with E-state index in [-0.39, 0.29) is 36.4 Å². The first kappa shape index (κ1) is 40.5. The van der Waals surface area contributed by atoms with Crippen LogP contribution in [-0.2, 0) is 27.5 Å². The van der Waals surface area contributed by atoms with Gasteiger partial charge in [0.1, 0.15) is 30.0 Å². The van der Waals surface area contributed by atoms with Crippen LogP contribution in [0.1, 0.15) is 61.6 Å². The summed E-state index contributed by atoms with van der Waals surface area (Å²) in [5.74, 6) is -0.528. The molecule has 1 saturated heterocycles. The van der Waals surface area contributed by atoms with Crippen molar-refractivity contribution in [1.82, 2.24) is 35.0 Å². The molecule has 15 nitrogen and oxygen atoms in total. The normalized spacial score (nSPS) is 15.2. The summed E-state index contributed by atoms with van der Waals surface area (Å²) < 4.78 is 20.1. The maximum atomic E-state index is 14.2. The van der Waals surface area contributed by atoms with Gasteiger partial charge >= 0.3 is 12.2 Å². The number of nitrogens with zero attached hydrogens (tertiary/aromatic N) is 6. The van der Waals surface area contributed by atoms with Crippen molar-refractivity contribution < 1.29 is 28.6 Å². The van der Waals surface area contributed by atoms with E-state index in [1.165, 1.54) is 4.52 Å². The van der Waals surface area contributed by atoms with Crippen molar-refractivity contribution in [2.24, 2.45) is 0 Å². The molecule has 0 radical (unpaired) electrons.